The molecule has 2 aliphatic carbocycles. The second-order valence-corrected chi connectivity index (χ2v) is 9.30. The first-order valence-electron chi connectivity index (χ1n) is 10.1. The Morgan fingerprint density at radius 3 is 2.35 bits per heavy atom. The Labute approximate surface area is 160 Å². The van der Waals surface area contributed by atoms with Crippen molar-refractivity contribution in [3.63, 3.8) is 0 Å². The number of carbonyl (C=O) groups excluding carboxylic acids is 2. The highest BCUT2D eigenvalue weighted by molar-refractivity contribution is 8.00. The maximum Gasteiger partial charge on any atom is 0.229 e. The predicted octanol–water partition coefficient (Wildman–Crippen LogP) is 4.45. The van der Waals surface area contributed by atoms with E-state index in [2.05, 4.69) is 17.4 Å². The van der Waals surface area contributed by atoms with Crippen LogP contribution in [0.15, 0.2) is 29.2 Å². The van der Waals surface area contributed by atoms with Crippen LogP contribution in [-0.4, -0.2) is 34.6 Å². The lowest BCUT2D eigenvalue weighted by atomic mass is 10.1. The number of anilines is 1. The van der Waals surface area contributed by atoms with Crippen molar-refractivity contribution in [3.8, 4) is 0 Å². The molecule has 1 saturated heterocycles. The van der Waals surface area contributed by atoms with Gasteiger partial charge in [0.05, 0.1) is 5.92 Å². The van der Waals surface area contributed by atoms with Crippen molar-refractivity contribution < 1.29 is 9.59 Å². The topological polar surface area (TPSA) is 49.4 Å². The average Bonchev–Trinajstić information content (AvgIpc) is 3.38. The molecule has 140 valence electrons. The van der Waals surface area contributed by atoms with Gasteiger partial charge in [-0.05, 0) is 49.9 Å². The van der Waals surface area contributed by atoms with E-state index in [4.69, 9.17) is 0 Å². The van der Waals surface area contributed by atoms with Gasteiger partial charge in [-0.15, -0.1) is 11.8 Å². The molecule has 0 aromatic heterocycles. The molecule has 1 aromatic carbocycles. The van der Waals surface area contributed by atoms with Gasteiger partial charge in [-0.3, -0.25) is 9.59 Å². The van der Waals surface area contributed by atoms with Crippen LogP contribution in [0, 0.1) is 5.92 Å². The largest absolute Gasteiger partial charge is 0.339 e. The number of thioether (sulfide) groups is 1. The van der Waals surface area contributed by atoms with Crippen LogP contribution in [0.5, 0.6) is 0 Å². The van der Waals surface area contributed by atoms with Gasteiger partial charge in [-0.25, -0.2) is 0 Å². The van der Waals surface area contributed by atoms with Gasteiger partial charge in [0.25, 0.3) is 0 Å². The molecule has 0 bridgehead atoms. The zero-order valence-corrected chi connectivity index (χ0v) is 16.1. The van der Waals surface area contributed by atoms with Gasteiger partial charge in [0.1, 0.15) is 0 Å². The Balaban J connectivity index is 1.30. The maximum atomic E-state index is 12.6. The van der Waals surface area contributed by atoms with Crippen molar-refractivity contribution in [3.05, 3.63) is 24.3 Å². The van der Waals surface area contributed by atoms with E-state index in [1.165, 1.54) is 43.4 Å². The van der Waals surface area contributed by atoms with E-state index in [0.29, 0.717) is 19.0 Å². The lowest BCUT2D eigenvalue weighted by molar-refractivity contribution is -0.129. The number of benzene rings is 1. The zero-order valence-electron chi connectivity index (χ0n) is 15.3. The second-order valence-electron chi connectivity index (χ2n) is 7.92. The molecule has 1 heterocycles. The molecule has 1 N–H and O–H groups in total. The van der Waals surface area contributed by atoms with Crippen LogP contribution in [0.1, 0.15) is 57.8 Å². The highest BCUT2D eigenvalue weighted by Crippen LogP contribution is 2.35. The van der Waals surface area contributed by atoms with Gasteiger partial charge >= 0.3 is 0 Å². The summed E-state index contributed by atoms with van der Waals surface area (Å²) >= 11 is 1.95. The number of hydrogen-bond donors (Lipinski definition) is 1. The molecule has 2 saturated carbocycles. The Bertz CT molecular complexity index is 648. The fourth-order valence-corrected chi connectivity index (χ4v) is 5.78. The molecule has 2 amide bonds. The second kappa shape index (κ2) is 8.03. The van der Waals surface area contributed by atoms with Crippen molar-refractivity contribution in [2.75, 3.05) is 11.9 Å². The van der Waals surface area contributed by atoms with Crippen LogP contribution < -0.4 is 5.32 Å². The molecule has 1 aliphatic heterocycles. The van der Waals surface area contributed by atoms with E-state index in [-0.39, 0.29) is 17.7 Å². The standard InChI is InChI=1S/C21H28N2O2S/c24-20-13-15(14-23(20)17-5-1-2-6-17)21(25)22-16-9-11-19(12-10-16)26-18-7-3-4-8-18/h9-12,15,17-18H,1-8,13-14H2,(H,22,25)/t15-/m1/s1. The first kappa shape index (κ1) is 17.9. The fraction of sp³-hybridized carbons (Fsp3) is 0.619. The highest BCUT2D eigenvalue weighted by Gasteiger charge is 2.38. The summed E-state index contributed by atoms with van der Waals surface area (Å²) in [4.78, 5) is 28.1. The van der Waals surface area contributed by atoms with E-state index in [1.54, 1.807) is 0 Å². The molecule has 0 unspecified atom stereocenters. The molecule has 4 rings (SSSR count). The van der Waals surface area contributed by atoms with Crippen molar-refractivity contribution in [1.82, 2.24) is 4.90 Å². The normalized spacial score (nSPS) is 24.5. The van der Waals surface area contributed by atoms with E-state index < -0.39 is 0 Å². The predicted molar refractivity (Wildman–Crippen MR) is 105 cm³/mol. The van der Waals surface area contributed by atoms with Crippen LogP contribution >= 0.6 is 11.8 Å². The summed E-state index contributed by atoms with van der Waals surface area (Å²) in [6.45, 7) is 0.588. The van der Waals surface area contributed by atoms with Crippen molar-refractivity contribution in [1.29, 1.82) is 0 Å². The molecule has 4 nitrogen and oxygen atoms in total. The van der Waals surface area contributed by atoms with Crippen molar-refractivity contribution in [2.24, 2.45) is 5.92 Å². The maximum absolute atomic E-state index is 12.6. The van der Waals surface area contributed by atoms with Gasteiger partial charge in [0, 0.05) is 34.8 Å². The number of nitrogens with one attached hydrogen (secondary N) is 1. The molecule has 3 aliphatic rings. The van der Waals surface area contributed by atoms with E-state index >= 15 is 0 Å². The minimum absolute atomic E-state index is 0.0185. The molecule has 26 heavy (non-hydrogen) atoms. The summed E-state index contributed by atoms with van der Waals surface area (Å²) in [7, 11) is 0. The highest BCUT2D eigenvalue weighted by atomic mass is 32.2. The monoisotopic (exact) mass is 372 g/mol. The third-order valence-electron chi connectivity index (χ3n) is 6.02. The van der Waals surface area contributed by atoms with Crippen LogP contribution in [0.3, 0.4) is 0 Å². The number of nitrogens with zero attached hydrogens (tertiary/aromatic N) is 1. The number of carbonyl (C=O) groups is 2. The summed E-state index contributed by atoms with van der Waals surface area (Å²) in [5.41, 5.74) is 0.831. The van der Waals surface area contributed by atoms with Gasteiger partial charge in [-0.1, -0.05) is 25.7 Å². The molecule has 5 heteroatoms. The molecule has 1 atom stereocenters. The van der Waals surface area contributed by atoms with E-state index in [0.717, 1.165) is 23.8 Å². The molecular formula is C21H28N2O2S. The van der Waals surface area contributed by atoms with Crippen LogP contribution in [0.2, 0.25) is 0 Å². The summed E-state index contributed by atoms with van der Waals surface area (Å²) in [5.74, 6) is -0.0777. The number of rotatable bonds is 5. The lowest BCUT2D eigenvalue weighted by Gasteiger charge is -2.23. The molecule has 3 fully saturated rings. The van der Waals surface area contributed by atoms with Crippen LogP contribution in [0.25, 0.3) is 0 Å². The SMILES string of the molecule is O=C(Nc1ccc(SC2CCCC2)cc1)[C@@H]1CC(=O)N(C2CCCC2)C1. The third kappa shape index (κ3) is 4.08. The summed E-state index contributed by atoms with van der Waals surface area (Å²) in [6.07, 6.45) is 10.3. The van der Waals surface area contributed by atoms with Gasteiger partial charge < -0.3 is 10.2 Å². The molecular weight excluding hydrogens is 344 g/mol. The van der Waals surface area contributed by atoms with Gasteiger partial charge in [0.15, 0.2) is 0 Å². The van der Waals surface area contributed by atoms with Gasteiger partial charge in [0.2, 0.25) is 11.8 Å². The minimum Gasteiger partial charge on any atom is -0.339 e. The Morgan fingerprint density at radius 2 is 1.65 bits per heavy atom. The Hall–Kier alpha value is -1.49. The Kier molecular flexibility index (Phi) is 5.53. The average molecular weight is 373 g/mol. The zero-order chi connectivity index (χ0) is 17.9. The smallest absolute Gasteiger partial charge is 0.229 e. The van der Waals surface area contributed by atoms with E-state index in [9.17, 15) is 9.59 Å². The Morgan fingerprint density at radius 1 is 1.00 bits per heavy atom. The number of likely N-dealkylation sites (tertiary alicyclic amines) is 1. The van der Waals surface area contributed by atoms with Crippen molar-refractivity contribution in [2.45, 2.75) is 74.0 Å². The first-order valence-corrected chi connectivity index (χ1v) is 10.9. The minimum atomic E-state index is -0.212. The summed E-state index contributed by atoms with van der Waals surface area (Å²) in [6, 6.07) is 8.54. The van der Waals surface area contributed by atoms with Crippen LogP contribution in [-0.2, 0) is 9.59 Å². The fourth-order valence-electron chi connectivity index (χ4n) is 4.54. The molecule has 0 radical (unpaired) electrons. The molecule has 0 spiro atoms. The van der Waals surface area contributed by atoms with Gasteiger partial charge in [-0.2, -0.15) is 0 Å². The van der Waals surface area contributed by atoms with Crippen molar-refractivity contribution >= 4 is 29.3 Å². The third-order valence-corrected chi connectivity index (χ3v) is 7.37. The van der Waals surface area contributed by atoms with E-state index in [1.807, 2.05) is 28.8 Å². The summed E-state index contributed by atoms with van der Waals surface area (Å²) < 4.78 is 0. The number of amides is 2. The van der Waals surface area contributed by atoms with Crippen LogP contribution in [0.4, 0.5) is 5.69 Å². The quantitative estimate of drug-likeness (QED) is 0.831. The lowest BCUT2D eigenvalue weighted by Crippen LogP contribution is -2.35. The first-order chi connectivity index (χ1) is 12.7. The molecule has 1 aromatic rings. The number of hydrogen-bond acceptors (Lipinski definition) is 3. The summed E-state index contributed by atoms with van der Waals surface area (Å²) in [5, 5.41) is 3.76.